The monoisotopic (exact) mass is 351 g/mol. The normalized spacial score (nSPS) is 25.5. The highest BCUT2D eigenvalue weighted by molar-refractivity contribution is 5.43. The van der Waals surface area contributed by atoms with Gasteiger partial charge in [-0.2, -0.15) is 0 Å². The second-order valence-electron chi connectivity index (χ2n) is 8.45. The maximum atomic E-state index is 5.58. The summed E-state index contributed by atoms with van der Waals surface area (Å²) in [5.41, 5.74) is 3.61. The van der Waals surface area contributed by atoms with Gasteiger partial charge < -0.3 is 22.0 Å². The van der Waals surface area contributed by atoms with Crippen molar-refractivity contribution in [1.29, 1.82) is 0 Å². The number of nitrogens with one attached hydrogen (secondary N) is 1. The second-order valence-corrected chi connectivity index (χ2v) is 8.45. The van der Waals surface area contributed by atoms with Crippen molar-refractivity contribution >= 4 is 0 Å². The predicted octanol–water partition coefficient (Wildman–Crippen LogP) is 0.604. The number of hydrogen-bond donors (Lipinski definition) is 1. The molecule has 1 aromatic carbocycles. The smallest absolute Gasteiger partial charge is 0.122 e. The average molecular weight is 352 g/mol. The molecule has 2 aliphatic rings. The Morgan fingerprint density at radius 1 is 1.25 bits per heavy atom. The Labute approximate surface area is 154 Å². The first-order valence-electron chi connectivity index (χ1n) is 9.58. The summed E-state index contributed by atoms with van der Waals surface area (Å²) in [6.45, 7) is 8.99. The number of benzene rings is 1. The van der Waals surface area contributed by atoms with Crippen LogP contribution in [0.1, 0.15) is 69.4 Å². The standard InChI is InChI=1S/C21H33NO.ClH/c1-21(2)13-7-15-22(16-21)14-6-9-17-8-4-11-19-18(17)10-5-12-20(19)23-3;/h5,10,12,17H,4,6-9,11,13-16H2,1-3H3;1H/t17-;/m0./s1. The molecule has 1 aromatic rings. The molecule has 1 N–H and O–H groups in total. The molecule has 0 bridgehead atoms. The number of ether oxygens (including phenoxy) is 1. The van der Waals surface area contributed by atoms with Gasteiger partial charge in [-0.25, -0.2) is 0 Å². The summed E-state index contributed by atoms with van der Waals surface area (Å²) in [6.07, 6.45) is 9.42. The van der Waals surface area contributed by atoms with E-state index < -0.39 is 0 Å². The van der Waals surface area contributed by atoms with Crippen molar-refractivity contribution in [2.75, 3.05) is 26.7 Å². The molecule has 0 radical (unpaired) electrons. The highest BCUT2D eigenvalue weighted by Gasteiger charge is 2.29. The third-order valence-electron chi connectivity index (χ3n) is 6.00. The first-order valence-corrected chi connectivity index (χ1v) is 9.58. The zero-order valence-corrected chi connectivity index (χ0v) is 16.4. The molecule has 0 spiro atoms. The van der Waals surface area contributed by atoms with E-state index in [0.717, 1.165) is 11.7 Å². The fourth-order valence-corrected chi connectivity index (χ4v) is 4.89. The molecule has 1 aliphatic carbocycles. The van der Waals surface area contributed by atoms with Gasteiger partial charge >= 0.3 is 0 Å². The van der Waals surface area contributed by atoms with Crippen LogP contribution in [0.5, 0.6) is 5.75 Å². The Balaban J connectivity index is 0.00000208. The van der Waals surface area contributed by atoms with E-state index in [1.165, 1.54) is 70.1 Å². The molecule has 3 heteroatoms. The number of quaternary nitrogens is 1. The van der Waals surface area contributed by atoms with Crippen LogP contribution in [0.25, 0.3) is 0 Å². The first kappa shape index (κ1) is 19.6. The van der Waals surface area contributed by atoms with Gasteiger partial charge in [-0.1, -0.05) is 26.0 Å². The van der Waals surface area contributed by atoms with Gasteiger partial charge in [-0.15, -0.1) is 0 Å². The molecular formula is C21H34ClNO. The van der Waals surface area contributed by atoms with Crippen molar-refractivity contribution in [3.05, 3.63) is 29.3 Å². The fraction of sp³-hybridized carbons (Fsp3) is 0.714. The van der Waals surface area contributed by atoms with Gasteiger partial charge in [0.25, 0.3) is 0 Å². The first-order chi connectivity index (χ1) is 11.1. The van der Waals surface area contributed by atoms with Crippen LogP contribution >= 0.6 is 0 Å². The lowest BCUT2D eigenvalue weighted by molar-refractivity contribution is -0.912. The van der Waals surface area contributed by atoms with E-state index in [2.05, 4.69) is 32.0 Å². The molecule has 0 amide bonds. The summed E-state index contributed by atoms with van der Waals surface area (Å²) in [6, 6.07) is 6.65. The molecule has 0 saturated carbocycles. The summed E-state index contributed by atoms with van der Waals surface area (Å²) >= 11 is 0. The number of rotatable bonds is 5. The van der Waals surface area contributed by atoms with Gasteiger partial charge in [0.1, 0.15) is 5.75 Å². The van der Waals surface area contributed by atoms with Crippen molar-refractivity contribution in [1.82, 2.24) is 0 Å². The van der Waals surface area contributed by atoms with E-state index in [-0.39, 0.29) is 12.4 Å². The maximum Gasteiger partial charge on any atom is 0.122 e. The molecule has 2 atom stereocenters. The Morgan fingerprint density at radius 2 is 2.08 bits per heavy atom. The van der Waals surface area contributed by atoms with Crippen LogP contribution in [0.2, 0.25) is 0 Å². The third-order valence-corrected chi connectivity index (χ3v) is 6.00. The zero-order chi connectivity index (χ0) is 16.3. The molecule has 136 valence electrons. The minimum absolute atomic E-state index is 0. The van der Waals surface area contributed by atoms with Crippen molar-refractivity contribution < 1.29 is 22.0 Å². The zero-order valence-electron chi connectivity index (χ0n) is 15.7. The van der Waals surface area contributed by atoms with E-state index in [1.54, 1.807) is 12.7 Å². The summed E-state index contributed by atoms with van der Waals surface area (Å²) < 4.78 is 5.58. The van der Waals surface area contributed by atoms with E-state index in [9.17, 15) is 0 Å². The van der Waals surface area contributed by atoms with Crippen LogP contribution in [-0.2, 0) is 6.42 Å². The van der Waals surface area contributed by atoms with Gasteiger partial charge in [-0.05, 0) is 68.1 Å². The minimum atomic E-state index is 0. The number of methoxy groups -OCH3 is 1. The number of fused-ring (bicyclic) bond motifs is 1. The van der Waals surface area contributed by atoms with Gasteiger partial charge in [0.05, 0.1) is 26.7 Å². The molecule has 2 nitrogen and oxygen atoms in total. The van der Waals surface area contributed by atoms with Crippen LogP contribution in [0.4, 0.5) is 0 Å². The van der Waals surface area contributed by atoms with Crippen LogP contribution in [-0.4, -0.2) is 26.7 Å². The molecule has 0 aromatic heterocycles. The van der Waals surface area contributed by atoms with Crippen LogP contribution < -0.4 is 22.0 Å². The molecule has 1 heterocycles. The number of likely N-dealkylation sites (tertiary alicyclic amines) is 1. The molecule has 1 fully saturated rings. The lowest BCUT2D eigenvalue weighted by Gasteiger charge is -2.35. The number of hydrogen-bond acceptors (Lipinski definition) is 1. The topological polar surface area (TPSA) is 13.7 Å². The molecule has 1 aliphatic heterocycles. The highest BCUT2D eigenvalue weighted by atomic mass is 35.5. The van der Waals surface area contributed by atoms with E-state index >= 15 is 0 Å². The molecule has 3 rings (SSSR count). The van der Waals surface area contributed by atoms with E-state index in [1.807, 2.05) is 4.90 Å². The van der Waals surface area contributed by atoms with Gasteiger partial charge in [0, 0.05) is 5.41 Å². The SMILES string of the molecule is COc1cccc2c1CCC[C@H]2CCC[NH+]1CCCC(C)(C)C1.[Cl-]. The Bertz CT molecular complexity index is 529. The fourth-order valence-electron chi connectivity index (χ4n) is 4.89. The summed E-state index contributed by atoms with van der Waals surface area (Å²) in [5.74, 6) is 1.86. The molecule has 1 saturated heterocycles. The maximum absolute atomic E-state index is 5.58. The van der Waals surface area contributed by atoms with E-state index in [0.29, 0.717) is 5.41 Å². The largest absolute Gasteiger partial charge is 1.00 e. The minimum Gasteiger partial charge on any atom is -1.00 e. The second kappa shape index (κ2) is 8.58. The Hall–Kier alpha value is -0.730. The molecule has 24 heavy (non-hydrogen) atoms. The quantitative estimate of drug-likeness (QED) is 0.820. The summed E-state index contributed by atoms with van der Waals surface area (Å²) in [5, 5.41) is 0. The highest BCUT2D eigenvalue weighted by Crippen LogP contribution is 2.38. The number of piperidine rings is 1. The Morgan fingerprint density at radius 3 is 2.83 bits per heavy atom. The van der Waals surface area contributed by atoms with Gasteiger partial charge in [-0.3, -0.25) is 0 Å². The summed E-state index contributed by atoms with van der Waals surface area (Å²) in [4.78, 5) is 1.84. The van der Waals surface area contributed by atoms with Crippen molar-refractivity contribution in [2.24, 2.45) is 5.41 Å². The Kier molecular flexibility index (Phi) is 7.00. The van der Waals surface area contributed by atoms with Crippen molar-refractivity contribution in [3.63, 3.8) is 0 Å². The van der Waals surface area contributed by atoms with Gasteiger partial charge in [0.2, 0.25) is 0 Å². The molecule has 1 unspecified atom stereocenters. The van der Waals surface area contributed by atoms with Crippen LogP contribution in [0.3, 0.4) is 0 Å². The summed E-state index contributed by atoms with van der Waals surface area (Å²) in [7, 11) is 1.81. The van der Waals surface area contributed by atoms with Crippen molar-refractivity contribution in [3.8, 4) is 5.75 Å². The lowest BCUT2D eigenvalue weighted by atomic mass is 9.80. The lowest BCUT2D eigenvalue weighted by Crippen LogP contribution is -3.14. The van der Waals surface area contributed by atoms with Gasteiger partial charge in [0.15, 0.2) is 0 Å². The predicted molar refractivity (Wildman–Crippen MR) is 96.5 cm³/mol. The van der Waals surface area contributed by atoms with Crippen molar-refractivity contribution in [2.45, 2.75) is 64.7 Å². The number of halogens is 1. The average Bonchev–Trinajstić information content (AvgIpc) is 2.53. The third kappa shape index (κ3) is 4.67. The molecular weight excluding hydrogens is 318 g/mol. The van der Waals surface area contributed by atoms with E-state index in [4.69, 9.17) is 4.74 Å². The van der Waals surface area contributed by atoms with Crippen LogP contribution in [0.15, 0.2) is 18.2 Å². The van der Waals surface area contributed by atoms with Crippen LogP contribution in [0, 0.1) is 5.41 Å².